The van der Waals surface area contributed by atoms with E-state index in [0.717, 1.165) is 12.8 Å². The number of benzene rings is 1. The Morgan fingerprint density at radius 2 is 2.06 bits per heavy atom. The summed E-state index contributed by atoms with van der Waals surface area (Å²) in [6.45, 7) is 0.572. The highest BCUT2D eigenvalue weighted by molar-refractivity contribution is 5.70. The molecule has 16 heavy (non-hydrogen) atoms. The van der Waals surface area contributed by atoms with E-state index in [1.165, 1.54) is 0 Å². The van der Waals surface area contributed by atoms with E-state index in [4.69, 9.17) is 9.84 Å². The molecule has 0 aromatic heterocycles. The largest absolute Gasteiger partial charge is 0.412 e. The van der Waals surface area contributed by atoms with Crippen LogP contribution in [0.2, 0.25) is 0 Å². The summed E-state index contributed by atoms with van der Waals surface area (Å²) in [4.78, 5) is 11.3. The molecule has 0 spiro atoms. The van der Waals surface area contributed by atoms with Crippen molar-refractivity contribution in [3.05, 3.63) is 30.3 Å². The van der Waals surface area contributed by atoms with Crippen LogP contribution < -0.4 is 10.1 Å². The van der Waals surface area contributed by atoms with Gasteiger partial charge in [-0.1, -0.05) is 18.2 Å². The molecular formula is C12H15NO3. The molecular weight excluding hydrogens is 206 g/mol. The monoisotopic (exact) mass is 221 g/mol. The molecule has 1 aromatic rings. The second kappa shape index (κ2) is 4.99. The SMILES string of the molecule is O=C(NCC1CC(O)C1)Oc1ccccc1. The number of ether oxygens (including phenoxy) is 1. The lowest BCUT2D eigenvalue weighted by molar-refractivity contribution is 0.0433. The Hall–Kier alpha value is -1.55. The summed E-state index contributed by atoms with van der Waals surface area (Å²) in [6.07, 6.45) is 0.918. The van der Waals surface area contributed by atoms with Crippen molar-refractivity contribution in [1.29, 1.82) is 0 Å². The molecule has 0 radical (unpaired) electrons. The first-order chi connectivity index (χ1) is 7.74. The molecule has 0 atom stereocenters. The standard InChI is InChI=1S/C12H15NO3/c14-10-6-9(7-10)8-13-12(15)16-11-4-2-1-3-5-11/h1-5,9-10,14H,6-8H2,(H,13,15). The van der Waals surface area contributed by atoms with Crippen molar-refractivity contribution in [1.82, 2.24) is 5.32 Å². The summed E-state index contributed by atoms with van der Waals surface area (Å²) < 4.78 is 5.05. The highest BCUT2D eigenvalue weighted by Gasteiger charge is 2.27. The fourth-order valence-electron chi connectivity index (χ4n) is 1.73. The van der Waals surface area contributed by atoms with Crippen LogP contribution in [0.15, 0.2) is 30.3 Å². The molecule has 0 unspecified atom stereocenters. The van der Waals surface area contributed by atoms with Crippen molar-refractivity contribution in [3.63, 3.8) is 0 Å². The molecule has 0 heterocycles. The maximum Gasteiger partial charge on any atom is 0.412 e. The third kappa shape index (κ3) is 2.97. The molecule has 1 aromatic carbocycles. The predicted molar refractivity (Wildman–Crippen MR) is 59.2 cm³/mol. The van der Waals surface area contributed by atoms with E-state index in [2.05, 4.69) is 5.32 Å². The van der Waals surface area contributed by atoms with Crippen molar-refractivity contribution < 1.29 is 14.6 Å². The van der Waals surface area contributed by atoms with Gasteiger partial charge in [0.1, 0.15) is 5.75 Å². The number of carbonyl (C=O) groups is 1. The highest BCUT2D eigenvalue weighted by atomic mass is 16.6. The minimum atomic E-state index is -0.437. The maximum atomic E-state index is 11.3. The zero-order valence-corrected chi connectivity index (χ0v) is 8.93. The molecule has 1 saturated carbocycles. The summed E-state index contributed by atoms with van der Waals surface area (Å²) in [5.41, 5.74) is 0. The van der Waals surface area contributed by atoms with Crippen LogP contribution in [0.1, 0.15) is 12.8 Å². The van der Waals surface area contributed by atoms with Crippen LogP contribution in [0.3, 0.4) is 0 Å². The Labute approximate surface area is 94.2 Å². The maximum absolute atomic E-state index is 11.3. The molecule has 0 saturated heterocycles. The topological polar surface area (TPSA) is 58.6 Å². The number of para-hydroxylation sites is 1. The fraction of sp³-hybridized carbons (Fsp3) is 0.417. The van der Waals surface area contributed by atoms with Gasteiger partial charge in [-0.3, -0.25) is 0 Å². The number of nitrogens with one attached hydrogen (secondary N) is 1. The van der Waals surface area contributed by atoms with E-state index in [0.29, 0.717) is 18.2 Å². The van der Waals surface area contributed by atoms with Crippen LogP contribution in [0.25, 0.3) is 0 Å². The Balaban J connectivity index is 1.69. The van der Waals surface area contributed by atoms with E-state index < -0.39 is 6.09 Å². The quantitative estimate of drug-likeness (QED) is 0.814. The van der Waals surface area contributed by atoms with Gasteiger partial charge in [-0.25, -0.2) is 4.79 Å². The van der Waals surface area contributed by atoms with E-state index in [9.17, 15) is 4.79 Å². The molecule has 0 aliphatic heterocycles. The number of amides is 1. The lowest BCUT2D eigenvalue weighted by Gasteiger charge is -2.31. The van der Waals surface area contributed by atoms with E-state index >= 15 is 0 Å². The first kappa shape index (κ1) is 11.0. The van der Waals surface area contributed by atoms with Gasteiger partial charge in [-0.15, -0.1) is 0 Å². The minimum absolute atomic E-state index is 0.183. The fourth-order valence-corrected chi connectivity index (χ4v) is 1.73. The van der Waals surface area contributed by atoms with Crippen LogP contribution in [0.4, 0.5) is 4.79 Å². The van der Waals surface area contributed by atoms with Crippen molar-refractivity contribution in [2.45, 2.75) is 18.9 Å². The van der Waals surface area contributed by atoms with Crippen LogP contribution in [0.5, 0.6) is 5.75 Å². The first-order valence-corrected chi connectivity index (χ1v) is 5.43. The average Bonchev–Trinajstić information content (AvgIpc) is 2.24. The second-order valence-electron chi connectivity index (χ2n) is 4.07. The summed E-state index contributed by atoms with van der Waals surface area (Å²) in [7, 11) is 0. The van der Waals surface area contributed by atoms with Crippen LogP contribution in [-0.4, -0.2) is 23.8 Å². The van der Waals surface area contributed by atoms with Crippen molar-refractivity contribution in [3.8, 4) is 5.75 Å². The van der Waals surface area contributed by atoms with Gasteiger partial charge in [0.15, 0.2) is 0 Å². The number of aliphatic hydroxyl groups excluding tert-OH is 1. The zero-order valence-electron chi connectivity index (χ0n) is 8.93. The lowest BCUT2D eigenvalue weighted by atomic mass is 9.82. The van der Waals surface area contributed by atoms with Crippen molar-refractivity contribution in [2.75, 3.05) is 6.54 Å². The Morgan fingerprint density at radius 1 is 1.38 bits per heavy atom. The third-order valence-electron chi connectivity index (χ3n) is 2.70. The molecule has 2 N–H and O–H groups in total. The number of aliphatic hydroxyl groups is 1. The highest BCUT2D eigenvalue weighted by Crippen LogP contribution is 2.26. The summed E-state index contributed by atoms with van der Waals surface area (Å²) in [5, 5.41) is 11.8. The molecule has 2 rings (SSSR count). The van der Waals surface area contributed by atoms with Crippen LogP contribution in [0, 0.1) is 5.92 Å². The van der Waals surface area contributed by atoms with Gasteiger partial charge in [0.25, 0.3) is 0 Å². The van der Waals surface area contributed by atoms with Gasteiger partial charge in [0.05, 0.1) is 6.10 Å². The molecule has 0 bridgehead atoms. The Kier molecular flexibility index (Phi) is 3.41. The Morgan fingerprint density at radius 3 is 2.69 bits per heavy atom. The van der Waals surface area contributed by atoms with Gasteiger partial charge in [-0.05, 0) is 30.9 Å². The van der Waals surface area contributed by atoms with Gasteiger partial charge < -0.3 is 15.2 Å². The normalized spacial score (nSPS) is 23.3. The van der Waals surface area contributed by atoms with Crippen LogP contribution >= 0.6 is 0 Å². The lowest BCUT2D eigenvalue weighted by Crippen LogP contribution is -2.39. The van der Waals surface area contributed by atoms with Crippen LogP contribution in [-0.2, 0) is 0 Å². The molecule has 1 fully saturated rings. The number of hydrogen-bond donors (Lipinski definition) is 2. The molecule has 1 aliphatic rings. The van der Waals surface area contributed by atoms with E-state index in [1.54, 1.807) is 12.1 Å². The summed E-state index contributed by atoms with van der Waals surface area (Å²) >= 11 is 0. The second-order valence-corrected chi connectivity index (χ2v) is 4.07. The zero-order chi connectivity index (χ0) is 11.4. The Bertz CT molecular complexity index is 347. The molecule has 4 heteroatoms. The number of rotatable bonds is 3. The molecule has 1 amide bonds. The van der Waals surface area contributed by atoms with Gasteiger partial charge in [-0.2, -0.15) is 0 Å². The van der Waals surface area contributed by atoms with Gasteiger partial charge in [0, 0.05) is 6.54 Å². The smallest absolute Gasteiger partial charge is 0.410 e. The molecule has 86 valence electrons. The number of carbonyl (C=O) groups excluding carboxylic acids is 1. The molecule has 4 nitrogen and oxygen atoms in total. The third-order valence-corrected chi connectivity index (χ3v) is 2.70. The summed E-state index contributed by atoms with van der Waals surface area (Å²) in [6, 6.07) is 8.94. The van der Waals surface area contributed by atoms with Gasteiger partial charge in [0.2, 0.25) is 0 Å². The molecule has 1 aliphatic carbocycles. The average molecular weight is 221 g/mol. The first-order valence-electron chi connectivity index (χ1n) is 5.43. The predicted octanol–water partition coefficient (Wildman–Crippen LogP) is 1.55. The minimum Gasteiger partial charge on any atom is -0.410 e. The van der Waals surface area contributed by atoms with Crippen molar-refractivity contribution in [2.24, 2.45) is 5.92 Å². The van der Waals surface area contributed by atoms with E-state index in [1.807, 2.05) is 18.2 Å². The van der Waals surface area contributed by atoms with E-state index in [-0.39, 0.29) is 6.10 Å². The van der Waals surface area contributed by atoms with Gasteiger partial charge >= 0.3 is 6.09 Å². The summed E-state index contributed by atoms with van der Waals surface area (Å²) in [5.74, 6) is 0.923. The number of hydrogen-bond acceptors (Lipinski definition) is 3. The van der Waals surface area contributed by atoms with Crippen molar-refractivity contribution >= 4 is 6.09 Å².